The predicted molar refractivity (Wildman–Crippen MR) is 78.8 cm³/mol. The summed E-state index contributed by atoms with van der Waals surface area (Å²) in [6.45, 7) is 10.8. The maximum Gasteiger partial charge on any atom is 0.216 e. The minimum atomic E-state index is -0.0957. The van der Waals surface area contributed by atoms with E-state index in [9.17, 15) is 4.79 Å². The van der Waals surface area contributed by atoms with Crippen molar-refractivity contribution in [3.63, 3.8) is 0 Å². The van der Waals surface area contributed by atoms with Crippen molar-refractivity contribution >= 4 is 5.91 Å². The van der Waals surface area contributed by atoms with Gasteiger partial charge in [0.05, 0.1) is 7.11 Å². The SMILES string of the molecule is COc1ccc(C(C)(C)CNC(C)=O)cc1C(C)C. The van der Waals surface area contributed by atoms with Crippen molar-refractivity contribution in [3.05, 3.63) is 29.3 Å². The van der Waals surface area contributed by atoms with E-state index >= 15 is 0 Å². The summed E-state index contributed by atoms with van der Waals surface area (Å²) in [5.41, 5.74) is 2.32. The van der Waals surface area contributed by atoms with Crippen molar-refractivity contribution in [3.8, 4) is 5.75 Å². The molecule has 0 radical (unpaired) electrons. The average molecular weight is 263 g/mol. The van der Waals surface area contributed by atoms with Crippen LogP contribution in [0.1, 0.15) is 51.7 Å². The van der Waals surface area contributed by atoms with Gasteiger partial charge < -0.3 is 10.1 Å². The summed E-state index contributed by atoms with van der Waals surface area (Å²) in [6, 6.07) is 6.28. The fourth-order valence-corrected chi connectivity index (χ4v) is 2.05. The van der Waals surface area contributed by atoms with E-state index < -0.39 is 0 Å². The molecule has 0 aliphatic rings. The quantitative estimate of drug-likeness (QED) is 0.885. The fourth-order valence-electron chi connectivity index (χ4n) is 2.05. The average Bonchev–Trinajstić information content (AvgIpc) is 2.35. The largest absolute Gasteiger partial charge is 0.496 e. The highest BCUT2D eigenvalue weighted by molar-refractivity contribution is 5.72. The van der Waals surface area contributed by atoms with E-state index in [2.05, 4.69) is 45.1 Å². The first-order valence-corrected chi connectivity index (χ1v) is 6.71. The second-order valence-corrected chi connectivity index (χ2v) is 5.91. The number of nitrogens with one attached hydrogen (secondary N) is 1. The summed E-state index contributed by atoms with van der Waals surface area (Å²) in [6.07, 6.45) is 0. The maximum atomic E-state index is 11.1. The normalized spacial score (nSPS) is 11.5. The van der Waals surface area contributed by atoms with Gasteiger partial charge in [0.25, 0.3) is 0 Å². The minimum absolute atomic E-state index is 0.00525. The molecular weight excluding hydrogens is 238 g/mol. The van der Waals surface area contributed by atoms with E-state index in [0.717, 1.165) is 5.75 Å². The first kappa shape index (κ1) is 15.5. The van der Waals surface area contributed by atoms with Gasteiger partial charge in [0.2, 0.25) is 5.91 Å². The molecule has 3 nitrogen and oxygen atoms in total. The lowest BCUT2D eigenvalue weighted by Crippen LogP contribution is -2.35. The van der Waals surface area contributed by atoms with Crippen LogP contribution in [0.2, 0.25) is 0 Å². The summed E-state index contributed by atoms with van der Waals surface area (Å²) in [7, 11) is 1.70. The van der Waals surface area contributed by atoms with E-state index in [1.54, 1.807) is 14.0 Å². The van der Waals surface area contributed by atoms with Crippen LogP contribution in [0.4, 0.5) is 0 Å². The van der Waals surface area contributed by atoms with Crippen LogP contribution in [0, 0.1) is 0 Å². The number of ether oxygens (including phenoxy) is 1. The molecule has 1 aromatic carbocycles. The first-order valence-electron chi connectivity index (χ1n) is 6.71. The van der Waals surface area contributed by atoms with Crippen molar-refractivity contribution in [2.75, 3.05) is 13.7 Å². The highest BCUT2D eigenvalue weighted by Crippen LogP contribution is 2.32. The lowest BCUT2D eigenvalue weighted by molar-refractivity contribution is -0.119. The molecule has 0 heterocycles. The summed E-state index contributed by atoms with van der Waals surface area (Å²) in [5.74, 6) is 1.34. The minimum Gasteiger partial charge on any atom is -0.496 e. The van der Waals surface area contributed by atoms with Crippen molar-refractivity contribution in [2.45, 2.75) is 46.0 Å². The van der Waals surface area contributed by atoms with E-state index in [4.69, 9.17) is 4.74 Å². The van der Waals surface area contributed by atoms with Crippen LogP contribution < -0.4 is 10.1 Å². The summed E-state index contributed by atoms with van der Waals surface area (Å²) < 4.78 is 5.40. The maximum absolute atomic E-state index is 11.1. The predicted octanol–water partition coefficient (Wildman–Crippen LogP) is 3.23. The van der Waals surface area contributed by atoms with Gasteiger partial charge in [-0.3, -0.25) is 4.79 Å². The topological polar surface area (TPSA) is 38.3 Å². The summed E-state index contributed by atoms with van der Waals surface area (Å²) in [4.78, 5) is 11.1. The zero-order valence-corrected chi connectivity index (χ0v) is 12.8. The molecular formula is C16H25NO2. The second-order valence-electron chi connectivity index (χ2n) is 5.91. The molecule has 3 heteroatoms. The Morgan fingerprint density at radius 1 is 1.37 bits per heavy atom. The van der Waals surface area contributed by atoms with Crippen LogP contribution in [-0.2, 0) is 10.2 Å². The molecule has 0 aromatic heterocycles. The molecule has 106 valence electrons. The molecule has 0 spiro atoms. The van der Waals surface area contributed by atoms with Gasteiger partial charge >= 0.3 is 0 Å². The van der Waals surface area contributed by atoms with Crippen LogP contribution in [0.25, 0.3) is 0 Å². The molecule has 0 saturated carbocycles. The van der Waals surface area contributed by atoms with Crippen molar-refractivity contribution in [1.29, 1.82) is 0 Å². The Balaban J connectivity index is 3.06. The zero-order chi connectivity index (χ0) is 14.6. The monoisotopic (exact) mass is 263 g/mol. The summed E-state index contributed by atoms with van der Waals surface area (Å²) in [5, 5.41) is 2.89. The van der Waals surface area contributed by atoms with Crippen LogP contribution in [0.5, 0.6) is 5.75 Å². The smallest absolute Gasteiger partial charge is 0.216 e. The number of carbonyl (C=O) groups is 1. The van der Waals surface area contributed by atoms with E-state index in [1.807, 2.05) is 6.07 Å². The van der Waals surface area contributed by atoms with Gasteiger partial charge in [-0.2, -0.15) is 0 Å². The molecule has 19 heavy (non-hydrogen) atoms. The Morgan fingerprint density at radius 2 is 2.00 bits per heavy atom. The third kappa shape index (κ3) is 3.98. The van der Waals surface area contributed by atoms with E-state index in [1.165, 1.54) is 11.1 Å². The molecule has 0 atom stereocenters. The standard InChI is InChI=1S/C16H25NO2/c1-11(2)14-9-13(7-8-15(14)19-6)16(4,5)10-17-12(3)18/h7-9,11H,10H2,1-6H3,(H,17,18). The molecule has 1 N–H and O–H groups in total. The van der Waals surface area contributed by atoms with Crippen LogP contribution >= 0.6 is 0 Å². The third-order valence-electron chi connectivity index (χ3n) is 3.41. The number of rotatable bonds is 5. The first-order chi connectivity index (χ1) is 8.77. The molecule has 0 unspecified atom stereocenters. The third-order valence-corrected chi connectivity index (χ3v) is 3.41. The lowest BCUT2D eigenvalue weighted by atomic mass is 9.82. The molecule has 1 rings (SSSR count). The number of methoxy groups -OCH3 is 1. The molecule has 1 amide bonds. The second kappa shape index (κ2) is 6.09. The van der Waals surface area contributed by atoms with Gasteiger partial charge in [-0.1, -0.05) is 39.8 Å². The summed E-state index contributed by atoms with van der Waals surface area (Å²) >= 11 is 0. The number of amides is 1. The van der Waals surface area contributed by atoms with Gasteiger partial charge in [0.15, 0.2) is 0 Å². The van der Waals surface area contributed by atoms with Gasteiger partial charge in [-0.25, -0.2) is 0 Å². The molecule has 0 aliphatic carbocycles. The highest BCUT2D eigenvalue weighted by Gasteiger charge is 2.22. The fraction of sp³-hybridized carbons (Fsp3) is 0.562. The van der Waals surface area contributed by atoms with Gasteiger partial charge in [-0.15, -0.1) is 0 Å². The van der Waals surface area contributed by atoms with Crippen LogP contribution in [0.3, 0.4) is 0 Å². The van der Waals surface area contributed by atoms with Crippen molar-refractivity contribution < 1.29 is 9.53 Å². The zero-order valence-electron chi connectivity index (χ0n) is 12.8. The number of hydrogen-bond donors (Lipinski definition) is 1. The van der Waals surface area contributed by atoms with Crippen molar-refractivity contribution in [1.82, 2.24) is 5.32 Å². The number of hydrogen-bond acceptors (Lipinski definition) is 2. The Bertz CT molecular complexity index is 450. The molecule has 0 aliphatic heterocycles. The van der Waals surface area contributed by atoms with Gasteiger partial charge in [0, 0.05) is 18.9 Å². The van der Waals surface area contributed by atoms with Crippen LogP contribution in [-0.4, -0.2) is 19.6 Å². The molecule has 0 fully saturated rings. The molecule has 0 bridgehead atoms. The Morgan fingerprint density at radius 3 is 2.47 bits per heavy atom. The Hall–Kier alpha value is -1.51. The van der Waals surface area contributed by atoms with Gasteiger partial charge in [-0.05, 0) is 23.1 Å². The lowest BCUT2D eigenvalue weighted by Gasteiger charge is -2.27. The van der Waals surface area contributed by atoms with E-state index in [0.29, 0.717) is 12.5 Å². The van der Waals surface area contributed by atoms with Crippen molar-refractivity contribution in [2.24, 2.45) is 0 Å². The highest BCUT2D eigenvalue weighted by atomic mass is 16.5. The Kier molecular flexibility index (Phi) is 4.98. The van der Waals surface area contributed by atoms with Crippen LogP contribution in [0.15, 0.2) is 18.2 Å². The molecule has 1 aromatic rings. The molecule has 0 saturated heterocycles. The van der Waals surface area contributed by atoms with E-state index in [-0.39, 0.29) is 11.3 Å². The number of benzene rings is 1. The number of carbonyl (C=O) groups excluding carboxylic acids is 1. The Labute approximate surface area is 116 Å². The van der Waals surface area contributed by atoms with Gasteiger partial charge in [0.1, 0.15) is 5.75 Å².